The third-order valence-electron chi connectivity index (χ3n) is 2.35. The number of hydrogen-bond acceptors (Lipinski definition) is 4. The maximum Gasteiger partial charge on any atom is 0.351 e. The molecule has 0 aromatic heterocycles. The smallest absolute Gasteiger partial charge is 0.351 e. The molecule has 1 aliphatic heterocycles. The Bertz CT molecular complexity index is 216. The second kappa shape index (κ2) is 4.94. The van der Waals surface area contributed by atoms with E-state index in [1.165, 1.54) is 6.42 Å². The van der Waals surface area contributed by atoms with Crippen molar-refractivity contribution in [2.75, 3.05) is 13.1 Å². The Morgan fingerprint density at radius 2 is 1.80 bits per heavy atom. The fraction of sp³-hybridized carbons (Fsp3) is 0.909. The highest BCUT2D eigenvalue weighted by Gasteiger charge is 2.28. The Labute approximate surface area is 91.2 Å². The summed E-state index contributed by atoms with van der Waals surface area (Å²) in [5, 5.41) is 9.76. The largest absolute Gasteiger partial charge is 0.457 e. The van der Waals surface area contributed by atoms with E-state index < -0.39 is 17.8 Å². The molecule has 4 nitrogen and oxygen atoms in total. The lowest BCUT2D eigenvalue weighted by molar-refractivity contribution is -0.176. The quantitative estimate of drug-likeness (QED) is 0.702. The summed E-state index contributed by atoms with van der Waals surface area (Å²) in [7, 11) is 0. The molecule has 1 saturated heterocycles. The Hall–Kier alpha value is -0.610. The number of rotatable bonds is 2. The number of ether oxygens (including phenoxy) is 1. The molecule has 0 aromatic rings. The second-order valence-electron chi connectivity index (χ2n) is 5.00. The van der Waals surface area contributed by atoms with Crippen molar-refractivity contribution in [3.63, 3.8) is 0 Å². The molecular weight excluding hydrogens is 194 g/mol. The number of likely N-dealkylation sites (tertiary alicyclic amines) is 1. The van der Waals surface area contributed by atoms with Crippen molar-refractivity contribution in [3.05, 3.63) is 0 Å². The Balaban J connectivity index is 2.44. The molecule has 0 saturated carbocycles. The van der Waals surface area contributed by atoms with Gasteiger partial charge in [-0.2, -0.15) is 0 Å². The van der Waals surface area contributed by atoms with Crippen LogP contribution in [0.15, 0.2) is 0 Å². The second-order valence-corrected chi connectivity index (χ2v) is 5.00. The van der Waals surface area contributed by atoms with Crippen LogP contribution in [0, 0.1) is 0 Å². The van der Waals surface area contributed by atoms with Gasteiger partial charge in [-0.25, -0.2) is 4.79 Å². The minimum Gasteiger partial charge on any atom is -0.457 e. The average Bonchev–Trinajstić information content (AvgIpc) is 2.15. The van der Waals surface area contributed by atoms with E-state index in [2.05, 4.69) is 0 Å². The number of piperidine rings is 1. The maximum atomic E-state index is 11.5. The van der Waals surface area contributed by atoms with Gasteiger partial charge in [0.15, 0.2) is 0 Å². The van der Waals surface area contributed by atoms with Gasteiger partial charge in [0.05, 0.1) is 0 Å². The summed E-state index contributed by atoms with van der Waals surface area (Å²) in [6, 6.07) is 0. The normalized spacial score (nSPS) is 21.1. The number of aliphatic hydroxyl groups is 1. The predicted molar refractivity (Wildman–Crippen MR) is 57.3 cm³/mol. The van der Waals surface area contributed by atoms with E-state index >= 15 is 0 Å². The zero-order chi connectivity index (χ0) is 11.5. The van der Waals surface area contributed by atoms with Crippen LogP contribution in [0.3, 0.4) is 0 Å². The molecule has 88 valence electrons. The van der Waals surface area contributed by atoms with Crippen LogP contribution in [-0.2, 0) is 9.53 Å². The van der Waals surface area contributed by atoms with Crippen LogP contribution in [0.25, 0.3) is 0 Å². The molecule has 0 spiro atoms. The first-order chi connectivity index (χ1) is 6.90. The number of esters is 1. The first-order valence-corrected chi connectivity index (χ1v) is 5.55. The number of hydrogen-bond donors (Lipinski definition) is 1. The van der Waals surface area contributed by atoms with E-state index in [-0.39, 0.29) is 0 Å². The molecule has 0 radical (unpaired) electrons. The van der Waals surface area contributed by atoms with Crippen LogP contribution in [0.2, 0.25) is 0 Å². The highest BCUT2D eigenvalue weighted by molar-refractivity contribution is 5.74. The molecule has 1 aliphatic rings. The number of aliphatic hydroxyl groups excluding tert-OH is 1. The monoisotopic (exact) mass is 215 g/mol. The van der Waals surface area contributed by atoms with Crippen LogP contribution in [0.4, 0.5) is 0 Å². The third-order valence-corrected chi connectivity index (χ3v) is 2.35. The van der Waals surface area contributed by atoms with E-state index in [4.69, 9.17) is 4.74 Å². The SMILES string of the molecule is CC(C)(C)OC(=O)C(O)N1CCCCC1. The fourth-order valence-corrected chi connectivity index (χ4v) is 1.67. The lowest BCUT2D eigenvalue weighted by Gasteiger charge is -2.31. The van der Waals surface area contributed by atoms with Gasteiger partial charge in [-0.15, -0.1) is 0 Å². The minimum atomic E-state index is -1.09. The predicted octanol–water partition coefficient (Wildman–Crippen LogP) is 1.13. The molecule has 0 bridgehead atoms. The molecule has 1 rings (SSSR count). The zero-order valence-corrected chi connectivity index (χ0v) is 9.82. The minimum absolute atomic E-state index is 0.534. The van der Waals surface area contributed by atoms with Crippen LogP contribution in [-0.4, -0.2) is 40.9 Å². The van der Waals surface area contributed by atoms with Gasteiger partial charge in [0.25, 0.3) is 0 Å². The van der Waals surface area contributed by atoms with Crippen LogP contribution in [0.5, 0.6) is 0 Å². The molecule has 1 heterocycles. The standard InChI is InChI=1S/C11H21NO3/c1-11(2,3)15-10(14)9(13)12-7-5-4-6-8-12/h9,13H,4-8H2,1-3H3. The van der Waals surface area contributed by atoms with E-state index in [9.17, 15) is 9.90 Å². The summed E-state index contributed by atoms with van der Waals surface area (Å²) in [5.74, 6) is -0.538. The lowest BCUT2D eigenvalue weighted by Crippen LogP contribution is -2.46. The highest BCUT2D eigenvalue weighted by atomic mass is 16.6. The van der Waals surface area contributed by atoms with Gasteiger partial charge >= 0.3 is 5.97 Å². The van der Waals surface area contributed by atoms with E-state index in [0.29, 0.717) is 0 Å². The van der Waals surface area contributed by atoms with Crippen molar-refractivity contribution in [2.24, 2.45) is 0 Å². The molecule has 0 aliphatic carbocycles. The lowest BCUT2D eigenvalue weighted by atomic mass is 10.1. The molecule has 1 atom stereocenters. The molecule has 1 unspecified atom stereocenters. The van der Waals surface area contributed by atoms with E-state index in [1.807, 2.05) is 0 Å². The Morgan fingerprint density at radius 1 is 1.27 bits per heavy atom. The van der Waals surface area contributed by atoms with Gasteiger partial charge in [-0.05, 0) is 33.6 Å². The summed E-state index contributed by atoms with van der Waals surface area (Å²) in [6.45, 7) is 6.95. The van der Waals surface area contributed by atoms with Crippen molar-refractivity contribution < 1.29 is 14.6 Å². The topological polar surface area (TPSA) is 49.8 Å². The molecule has 0 amide bonds. The Morgan fingerprint density at radius 3 is 2.27 bits per heavy atom. The first-order valence-electron chi connectivity index (χ1n) is 5.55. The number of carbonyl (C=O) groups is 1. The molecule has 0 aromatic carbocycles. The van der Waals surface area contributed by atoms with Crippen LogP contribution >= 0.6 is 0 Å². The van der Waals surface area contributed by atoms with Gasteiger partial charge < -0.3 is 9.84 Å². The van der Waals surface area contributed by atoms with Crippen LogP contribution < -0.4 is 0 Å². The maximum absolute atomic E-state index is 11.5. The summed E-state index contributed by atoms with van der Waals surface area (Å²) < 4.78 is 5.12. The fourth-order valence-electron chi connectivity index (χ4n) is 1.67. The van der Waals surface area contributed by atoms with Gasteiger partial charge in [0.1, 0.15) is 5.60 Å². The Kier molecular flexibility index (Phi) is 4.11. The van der Waals surface area contributed by atoms with Gasteiger partial charge in [0, 0.05) is 13.1 Å². The van der Waals surface area contributed by atoms with Gasteiger partial charge in [-0.1, -0.05) is 6.42 Å². The summed E-state index contributed by atoms with van der Waals surface area (Å²) in [4.78, 5) is 13.3. The molecular formula is C11H21NO3. The molecule has 1 N–H and O–H groups in total. The van der Waals surface area contributed by atoms with Crippen molar-refractivity contribution >= 4 is 5.97 Å². The van der Waals surface area contributed by atoms with Crippen molar-refractivity contribution in [1.82, 2.24) is 4.90 Å². The average molecular weight is 215 g/mol. The zero-order valence-electron chi connectivity index (χ0n) is 9.82. The number of nitrogens with zero attached hydrogens (tertiary/aromatic N) is 1. The molecule has 4 heteroatoms. The molecule has 1 fully saturated rings. The van der Waals surface area contributed by atoms with Crippen molar-refractivity contribution in [2.45, 2.75) is 51.9 Å². The van der Waals surface area contributed by atoms with Gasteiger partial charge in [-0.3, -0.25) is 4.90 Å². The molecule has 15 heavy (non-hydrogen) atoms. The van der Waals surface area contributed by atoms with Crippen LogP contribution in [0.1, 0.15) is 40.0 Å². The van der Waals surface area contributed by atoms with Crippen molar-refractivity contribution in [1.29, 1.82) is 0 Å². The summed E-state index contributed by atoms with van der Waals surface area (Å²) in [5.41, 5.74) is -0.534. The van der Waals surface area contributed by atoms with Gasteiger partial charge in [0.2, 0.25) is 6.23 Å². The first kappa shape index (κ1) is 12.5. The van der Waals surface area contributed by atoms with Crippen molar-refractivity contribution in [3.8, 4) is 0 Å². The number of carbonyl (C=O) groups excluding carboxylic acids is 1. The summed E-state index contributed by atoms with van der Waals surface area (Å²) in [6.07, 6.45) is 2.17. The summed E-state index contributed by atoms with van der Waals surface area (Å²) >= 11 is 0. The van der Waals surface area contributed by atoms with E-state index in [1.54, 1.807) is 25.7 Å². The third kappa shape index (κ3) is 4.18. The van der Waals surface area contributed by atoms with E-state index in [0.717, 1.165) is 25.9 Å². The highest BCUT2D eigenvalue weighted by Crippen LogP contribution is 2.14.